The maximum Gasteiger partial charge on any atom is 0.224 e. The van der Waals surface area contributed by atoms with Gasteiger partial charge in [0, 0.05) is 44.1 Å². The fourth-order valence-corrected chi connectivity index (χ4v) is 6.86. The quantitative estimate of drug-likeness (QED) is 0.131. The van der Waals surface area contributed by atoms with Crippen LogP contribution in [-0.4, -0.2) is 102 Å². The second-order valence-corrected chi connectivity index (χ2v) is 14.3. The largest absolute Gasteiger partial charge is 0.496 e. The Morgan fingerprint density at radius 2 is 1.36 bits per heavy atom. The summed E-state index contributed by atoms with van der Waals surface area (Å²) in [5, 5.41) is 9.42. The normalized spacial score (nSPS) is 17.1. The minimum atomic E-state index is -3.25. The van der Waals surface area contributed by atoms with Crippen LogP contribution in [-0.2, 0) is 10.0 Å². The van der Waals surface area contributed by atoms with E-state index in [0.29, 0.717) is 25.5 Å². The molecule has 2 aliphatic rings. The average molecular weight is 755 g/mol. The van der Waals surface area contributed by atoms with Gasteiger partial charge in [-0.05, 0) is 62.7 Å². The molecular formula is C34H40F2N10O6S. The van der Waals surface area contributed by atoms with Gasteiger partial charge in [-0.25, -0.2) is 27.2 Å². The number of nitrogens with zero attached hydrogens (tertiary/aromatic N) is 5. The molecular weight excluding hydrogens is 715 g/mol. The van der Waals surface area contributed by atoms with Gasteiger partial charge in [-0.15, -0.1) is 0 Å². The molecule has 19 heteroatoms. The molecule has 0 saturated carbocycles. The first kappa shape index (κ1) is 38.7. The lowest BCUT2D eigenvalue weighted by molar-refractivity contribution is 0.102. The Bertz CT molecular complexity index is 2090. The lowest BCUT2D eigenvalue weighted by Gasteiger charge is -2.16. The van der Waals surface area contributed by atoms with Gasteiger partial charge >= 0.3 is 0 Å². The second-order valence-electron chi connectivity index (χ2n) is 12.1. The summed E-state index contributed by atoms with van der Waals surface area (Å²) in [6.45, 7) is 4.08. The first-order valence-electron chi connectivity index (χ1n) is 16.6. The molecule has 4 heterocycles. The Hall–Kier alpha value is -5.53. The summed E-state index contributed by atoms with van der Waals surface area (Å²) >= 11 is 0. The molecule has 2 aromatic carbocycles. The van der Waals surface area contributed by atoms with Gasteiger partial charge in [-0.1, -0.05) is 0 Å². The smallest absolute Gasteiger partial charge is 0.224 e. The number of carbonyl (C=O) groups excluding carboxylic acids is 2. The number of ketones is 2. The Balaban J connectivity index is 0.000000208. The molecule has 2 saturated heterocycles. The van der Waals surface area contributed by atoms with Crippen LogP contribution in [0.3, 0.4) is 0 Å². The summed E-state index contributed by atoms with van der Waals surface area (Å²) in [5.74, 6) is -1.14. The highest BCUT2D eigenvalue weighted by Gasteiger charge is 2.31. The number of ether oxygens (including phenoxy) is 2. The Morgan fingerprint density at radius 3 is 1.79 bits per heavy atom. The summed E-state index contributed by atoms with van der Waals surface area (Å²) < 4.78 is 62.6. The van der Waals surface area contributed by atoms with Crippen molar-refractivity contribution in [2.45, 2.75) is 31.8 Å². The number of nitrogens with one attached hydrogen (secondary N) is 3. The molecule has 0 radical (unpaired) electrons. The number of anilines is 4. The third-order valence-electron chi connectivity index (χ3n) is 8.57. The molecule has 0 unspecified atom stereocenters. The van der Waals surface area contributed by atoms with Gasteiger partial charge in [0.25, 0.3) is 0 Å². The van der Waals surface area contributed by atoms with E-state index >= 15 is 0 Å². The highest BCUT2D eigenvalue weighted by atomic mass is 32.2. The van der Waals surface area contributed by atoms with Crippen molar-refractivity contribution in [2.24, 2.45) is 0 Å². The van der Waals surface area contributed by atoms with Crippen molar-refractivity contribution in [1.82, 2.24) is 29.6 Å². The Labute approximate surface area is 304 Å². The first-order chi connectivity index (χ1) is 25.3. The molecule has 0 bridgehead atoms. The van der Waals surface area contributed by atoms with E-state index in [1.165, 1.54) is 55.2 Å². The number of carbonyl (C=O) groups is 2. The van der Waals surface area contributed by atoms with Crippen LogP contribution < -0.4 is 36.9 Å². The van der Waals surface area contributed by atoms with Crippen molar-refractivity contribution in [3.05, 3.63) is 82.7 Å². The van der Waals surface area contributed by atoms with Crippen molar-refractivity contribution < 1.29 is 36.3 Å². The minimum Gasteiger partial charge on any atom is -0.496 e. The van der Waals surface area contributed by atoms with Gasteiger partial charge in [0.2, 0.25) is 33.5 Å². The number of hydrogen-bond acceptors (Lipinski definition) is 15. The molecule has 2 fully saturated rings. The third-order valence-corrected chi connectivity index (χ3v) is 10.4. The maximum atomic E-state index is 13.6. The van der Waals surface area contributed by atoms with Crippen LogP contribution >= 0.6 is 0 Å². The molecule has 53 heavy (non-hydrogen) atoms. The van der Waals surface area contributed by atoms with Crippen molar-refractivity contribution in [2.75, 3.05) is 68.3 Å². The highest BCUT2D eigenvalue weighted by molar-refractivity contribution is 7.89. The number of halogens is 2. The zero-order valence-corrected chi connectivity index (χ0v) is 30.0. The van der Waals surface area contributed by atoms with Gasteiger partial charge in [0.15, 0.2) is 0 Å². The molecule has 0 amide bonds. The van der Waals surface area contributed by atoms with E-state index in [1.54, 1.807) is 6.92 Å². The number of rotatable bonds is 12. The fraction of sp³-hybridized carbons (Fsp3) is 0.353. The van der Waals surface area contributed by atoms with Crippen molar-refractivity contribution >= 4 is 45.1 Å². The molecule has 7 N–H and O–H groups in total. The van der Waals surface area contributed by atoms with Crippen molar-refractivity contribution in [3.8, 4) is 11.5 Å². The minimum absolute atomic E-state index is 0.0136. The average Bonchev–Trinajstić information content (AvgIpc) is 3.84. The zero-order valence-electron chi connectivity index (χ0n) is 29.2. The summed E-state index contributed by atoms with van der Waals surface area (Å²) in [5.41, 5.74) is 12.0. The lowest BCUT2D eigenvalue weighted by atomic mass is 10.0. The van der Waals surface area contributed by atoms with Crippen LogP contribution in [0.1, 0.15) is 51.6 Å². The van der Waals surface area contributed by atoms with Crippen molar-refractivity contribution in [3.63, 3.8) is 0 Å². The predicted octanol–water partition coefficient (Wildman–Crippen LogP) is 2.48. The van der Waals surface area contributed by atoms with Crippen molar-refractivity contribution in [1.29, 1.82) is 0 Å². The molecule has 0 spiro atoms. The number of nitrogen functional groups attached to an aromatic ring is 2. The van der Waals surface area contributed by atoms with E-state index in [1.807, 2.05) is 0 Å². The number of sulfonamides is 1. The maximum absolute atomic E-state index is 13.6. The number of aromatic nitrogens is 4. The van der Waals surface area contributed by atoms with Crippen LogP contribution in [0.2, 0.25) is 0 Å². The van der Waals surface area contributed by atoms with Gasteiger partial charge in [-0.2, -0.15) is 14.3 Å². The first-order valence-corrected chi connectivity index (χ1v) is 18.2. The van der Waals surface area contributed by atoms with Crippen LogP contribution in [0.5, 0.6) is 11.5 Å². The Kier molecular flexibility index (Phi) is 12.3. The molecule has 282 valence electrons. The number of hydrogen-bond donors (Lipinski definition) is 5. The molecule has 6 rings (SSSR count). The van der Waals surface area contributed by atoms with Crippen LogP contribution in [0.4, 0.5) is 32.3 Å². The molecule has 4 aromatic rings. The highest BCUT2D eigenvalue weighted by Crippen LogP contribution is 2.26. The topological polar surface area (TPSA) is 230 Å². The summed E-state index contributed by atoms with van der Waals surface area (Å²) in [6, 6.07) is 7.39. The summed E-state index contributed by atoms with van der Waals surface area (Å²) in [6.07, 6.45) is 4.17. The summed E-state index contributed by atoms with van der Waals surface area (Å²) in [4.78, 5) is 41.8. The fourth-order valence-electron chi connectivity index (χ4n) is 5.71. The van der Waals surface area contributed by atoms with E-state index < -0.39 is 33.2 Å². The van der Waals surface area contributed by atoms with Gasteiger partial charge in [0.1, 0.15) is 34.8 Å². The summed E-state index contributed by atoms with van der Waals surface area (Å²) in [7, 11) is -0.465. The molecule has 0 aliphatic carbocycles. The van der Waals surface area contributed by atoms with Crippen LogP contribution in [0, 0.1) is 11.6 Å². The lowest BCUT2D eigenvalue weighted by Crippen LogP contribution is -2.33. The SMILES string of the molecule is CCS(=O)(=O)N1CC[C@@H](Nc2ncc(C(=O)c3cc(F)ccc3OC)c(N)n2)C1.COc1ccc(F)cc1C(=O)c1cnc(N[C@H]2CCNC2)nc1N. The zero-order chi connectivity index (χ0) is 38.3. The predicted molar refractivity (Wildman–Crippen MR) is 194 cm³/mol. The van der Waals surface area contributed by atoms with Gasteiger partial charge < -0.3 is 36.9 Å². The van der Waals surface area contributed by atoms with E-state index in [-0.39, 0.29) is 69.2 Å². The third kappa shape index (κ3) is 9.29. The number of methoxy groups -OCH3 is 2. The van der Waals surface area contributed by atoms with E-state index in [2.05, 4.69) is 35.9 Å². The van der Waals surface area contributed by atoms with E-state index in [4.69, 9.17) is 20.9 Å². The number of benzene rings is 2. The molecule has 16 nitrogen and oxygen atoms in total. The molecule has 2 aromatic heterocycles. The second kappa shape index (κ2) is 16.9. The standard InChI is InChI=1S/C18H22FN5O4S.C16H18FN5O2/c1-3-29(26,27)24-7-6-12(10-24)22-18-21-9-14(17(20)23-18)16(25)13-8-11(19)4-5-15(13)28-2;1-24-13-3-2-9(17)6-11(13)14(23)12-8-20-16(22-15(12)18)21-10-4-5-19-7-10/h4-5,8-9,12H,3,6-7,10H2,1-2H3,(H3,20,21,22,23);2-3,6,8,10,19H,4-5,7H2,1H3,(H3,18,20,21,22)/t12-;10-/m10/s1. The van der Waals surface area contributed by atoms with Gasteiger partial charge in [0.05, 0.1) is 42.2 Å². The molecule has 2 aliphatic heterocycles. The van der Waals surface area contributed by atoms with Gasteiger partial charge in [-0.3, -0.25) is 9.59 Å². The molecule has 2 atom stereocenters. The van der Waals surface area contributed by atoms with Crippen LogP contribution in [0.25, 0.3) is 0 Å². The Morgan fingerprint density at radius 1 is 0.849 bits per heavy atom. The van der Waals surface area contributed by atoms with E-state index in [0.717, 1.165) is 31.6 Å². The number of nitrogens with two attached hydrogens (primary N) is 2. The monoisotopic (exact) mass is 754 g/mol. The van der Waals surface area contributed by atoms with E-state index in [9.17, 15) is 26.8 Å². The van der Waals surface area contributed by atoms with Crippen LogP contribution in [0.15, 0.2) is 48.8 Å².